The highest BCUT2D eigenvalue weighted by Gasteiger charge is 2.44. The van der Waals surface area contributed by atoms with Gasteiger partial charge in [-0.1, -0.05) is 29.4 Å². The summed E-state index contributed by atoms with van der Waals surface area (Å²) in [7, 11) is 0. The number of nitrogens with one attached hydrogen (secondary N) is 1. The molecule has 0 fully saturated rings. The van der Waals surface area contributed by atoms with Gasteiger partial charge in [-0.2, -0.15) is 0 Å². The quantitative estimate of drug-likeness (QED) is 0.291. The molecule has 0 saturated carbocycles. The molecule has 3 aromatic carbocycles. The van der Waals surface area contributed by atoms with Crippen LogP contribution in [0.5, 0.6) is 0 Å². The van der Waals surface area contributed by atoms with Crippen LogP contribution >= 0.6 is 0 Å². The number of carbonyl (C=O) groups excluding carboxylic acids is 2. The second-order valence-electron chi connectivity index (χ2n) is 8.57. The number of fused-ring (bicyclic) bond motifs is 1. The molecule has 1 aliphatic rings. The predicted octanol–water partition coefficient (Wildman–Crippen LogP) is 5.66. The third-order valence-electron chi connectivity index (χ3n) is 5.79. The van der Waals surface area contributed by atoms with Crippen molar-refractivity contribution in [2.75, 3.05) is 4.90 Å². The van der Waals surface area contributed by atoms with Gasteiger partial charge in [0, 0.05) is 34.5 Å². The predicted molar refractivity (Wildman–Crippen MR) is 123 cm³/mol. The molecule has 172 valence electrons. The molecule has 7 nitrogen and oxygen atoms in total. The molecule has 0 aromatic heterocycles. The molecule has 0 spiro atoms. The number of halogens is 2. The van der Waals surface area contributed by atoms with Gasteiger partial charge >= 0.3 is 0 Å². The number of azide groups is 1. The second kappa shape index (κ2) is 8.96. The van der Waals surface area contributed by atoms with Crippen molar-refractivity contribution in [1.82, 2.24) is 5.32 Å². The van der Waals surface area contributed by atoms with Crippen molar-refractivity contribution in [2.45, 2.75) is 32.4 Å². The van der Waals surface area contributed by atoms with E-state index in [0.717, 1.165) is 17.2 Å². The fourth-order valence-electron chi connectivity index (χ4n) is 4.09. The number of rotatable bonds is 6. The standard InChI is InChI=1S/C25H21F2N5O2/c1-25(2)21-7-6-17(23(33)29-13-15-4-3-5-20(10-15)30-31-28)11-22(21)32(24(25)34)14-16-8-18(26)12-19(27)9-16/h3-12H,13-14H2,1-2H3,(H,29,33). The minimum Gasteiger partial charge on any atom is -0.348 e. The third-order valence-corrected chi connectivity index (χ3v) is 5.79. The lowest BCUT2D eigenvalue weighted by Gasteiger charge is -2.20. The van der Waals surface area contributed by atoms with Crippen LogP contribution in [-0.2, 0) is 23.3 Å². The molecule has 34 heavy (non-hydrogen) atoms. The van der Waals surface area contributed by atoms with Gasteiger partial charge in [0.05, 0.1) is 12.0 Å². The van der Waals surface area contributed by atoms with Gasteiger partial charge in [-0.05, 0) is 66.4 Å². The number of amides is 2. The number of nitrogens with zero attached hydrogens (tertiary/aromatic N) is 4. The minimum absolute atomic E-state index is 0.0266. The Balaban J connectivity index is 1.59. The number of carbonyl (C=O) groups is 2. The van der Waals surface area contributed by atoms with E-state index in [2.05, 4.69) is 15.3 Å². The van der Waals surface area contributed by atoms with Gasteiger partial charge < -0.3 is 10.2 Å². The Labute approximate surface area is 194 Å². The topological polar surface area (TPSA) is 98.2 Å². The molecule has 1 aliphatic heterocycles. The van der Waals surface area contributed by atoms with Gasteiger partial charge in [-0.15, -0.1) is 0 Å². The van der Waals surface area contributed by atoms with Crippen LogP contribution in [0.2, 0.25) is 0 Å². The summed E-state index contributed by atoms with van der Waals surface area (Å²) in [6.07, 6.45) is 0. The summed E-state index contributed by atoms with van der Waals surface area (Å²) in [5.41, 5.74) is 10.8. The molecule has 0 radical (unpaired) electrons. The summed E-state index contributed by atoms with van der Waals surface area (Å²) in [5.74, 6) is -2.02. The van der Waals surface area contributed by atoms with E-state index in [9.17, 15) is 18.4 Å². The maximum absolute atomic E-state index is 13.7. The molecule has 0 atom stereocenters. The van der Waals surface area contributed by atoms with E-state index in [1.165, 1.54) is 17.0 Å². The molecule has 0 saturated heterocycles. The Morgan fingerprint density at radius 2 is 1.79 bits per heavy atom. The first kappa shape index (κ1) is 22.9. The van der Waals surface area contributed by atoms with Crippen molar-refractivity contribution in [3.8, 4) is 0 Å². The molecule has 1 N–H and O–H groups in total. The van der Waals surface area contributed by atoms with E-state index >= 15 is 0 Å². The normalized spacial score (nSPS) is 13.9. The first-order chi connectivity index (χ1) is 16.2. The zero-order valence-electron chi connectivity index (χ0n) is 18.5. The summed E-state index contributed by atoms with van der Waals surface area (Å²) in [6, 6.07) is 15.0. The molecule has 2 amide bonds. The summed E-state index contributed by atoms with van der Waals surface area (Å²) >= 11 is 0. The molecular weight excluding hydrogens is 440 g/mol. The van der Waals surface area contributed by atoms with Gasteiger partial charge in [-0.3, -0.25) is 9.59 Å². The molecule has 9 heteroatoms. The number of hydrogen-bond donors (Lipinski definition) is 1. The maximum Gasteiger partial charge on any atom is 0.251 e. The Bertz CT molecular complexity index is 1330. The van der Waals surface area contributed by atoms with Crippen molar-refractivity contribution in [3.05, 3.63) is 105 Å². The van der Waals surface area contributed by atoms with Crippen LogP contribution in [0.3, 0.4) is 0 Å². The van der Waals surface area contributed by atoms with Crippen molar-refractivity contribution in [2.24, 2.45) is 5.11 Å². The van der Waals surface area contributed by atoms with Crippen molar-refractivity contribution >= 4 is 23.2 Å². The summed E-state index contributed by atoms with van der Waals surface area (Å²) in [4.78, 5) is 30.2. The lowest BCUT2D eigenvalue weighted by molar-refractivity contribution is -0.122. The molecular formula is C25H21F2N5O2. The van der Waals surface area contributed by atoms with Crippen molar-refractivity contribution < 1.29 is 18.4 Å². The first-order valence-corrected chi connectivity index (χ1v) is 10.5. The van der Waals surface area contributed by atoms with Crippen LogP contribution in [-0.4, -0.2) is 11.8 Å². The third kappa shape index (κ3) is 4.46. The SMILES string of the molecule is CC1(C)C(=O)N(Cc2cc(F)cc(F)c2)c2cc(C(=O)NCc3cccc(N=[N+]=[N-])c3)ccc21. The van der Waals surface area contributed by atoms with Crippen LogP contribution in [0.1, 0.15) is 40.9 Å². The largest absolute Gasteiger partial charge is 0.348 e. The smallest absolute Gasteiger partial charge is 0.251 e. The lowest BCUT2D eigenvalue weighted by atomic mass is 9.86. The van der Waals surface area contributed by atoms with Gasteiger partial charge in [-0.25, -0.2) is 8.78 Å². The van der Waals surface area contributed by atoms with E-state index < -0.39 is 17.0 Å². The average Bonchev–Trinajstić information content (AvgIpc) is 2.97. The maximum atomic E-state index is 13.7. The van der Waals surface area contributed by atoms with Crippen molar-refractivity contribution in [3.63, 3.8) is 0 Å². The minimum atomic E-state index is -0.849. The van der Waals surface area contributed by atoms with Gasteiger partial charge in [0.15, 0.2) is 0 Å². The number of hydrogen-bond acceptors (Lipinski definition) is 3. The summed E-state index contributed by atoms with van der Waals surface area (Å²) in [5, 5.41) is 6.36. The van der Waals surface area contributed by atoms with Crippen LogP contribution < -0.4 is 10.2 Å². The van der Waals surface area contributed by atoms with E-state index in [1.54, 1.807) is 56.3 Å². The average molecular weight is 461 g/mol. The monoisotopic (exact) mass is 461 g/mol. The van der Waals surface area contributed by atoms with E-state index in [-0.39, 0.29) is 24.9 Å². The summed E-state index contributed by atoms with van der Waals surface area (Å²) in [6.45, 7) is 3.73. The zero-order valence-corrected chi connectivity index (χ0v) is 18.5. The highest BCUT2D eigenvalue weighted by molar-refractivity contribution is 6.08. The molecule has 3 aromatic rings. The van der Waals surface area contributed by atoms with E-state index in [1.807, 2.05) is 0 Å². The van der Waals surface area contributed by atoms with Crippen LogP contribution in [0, 0.1) is 11.6 Å². The van der Waals surface area contributed by atoms with Crippen LogP contribution in [0.4, 0.5) is 20.2 Å². The lowest BCUT2D eigenvalue weighted by Crippen LogP contribution is -2.35. The molecule has 0 unspecified atom stereocenters. The Morgan fingerprint density at radius 1 is 1.06 bits per heavy atom. The van der Waals surface area contributed by atoms with Gasteiger partial charge in [0.1, 0.15) is 11.6 Å². The summed E-state index contributed by atoms with van der Waals surface area (Å²) < 4.78 is 27.4. The van der Waals surface area contributed by atoms with E-state index in [4.69, 9.17) is 5.53 Å². The first-order valence-electron chi connectivity index (χ1n) is 10.5. The highest BCUT2D eigenvalue weighted by Crippen LogP contribution is 2.42. The van der Waals surface area contributed by atoms with Gasteiger partial charge in [0.25, 0.3) is 5.91 Å². The number of anilines is 1. The van der Waals surface area contributed by atoms with Gasteiger partial charge in [0.2, 0.25) is 5.91 Å². The Morgan fingerprint density at radius 3 is 2.50 bits per heavy atom. The molecule has 0 aliphatic carbocycles. The zero-order chi connectivity index (χ0) is 24.5. The second-order valence-corrected chi connectivity index (χ2v) is 8.57. The Hall–Kier alpha value is -4.23. The van der Waals surface area contributed by atoms with Crippen LogP contribution in [0.15, 0.2) is 65.8 Å². The van der Waals surface area contributed by atoms with E-state index in [0.29, 0.717) is 22.5 Å². The van der Waals surface area contributed by atoms with Crippen LogP contribution in [0.25, 0.3) is 10.4 Å². The number of benzene rings is 3. The fourth-order valence-corrected chi connectivity index (χ4v) is 4.09. The molecule has 4 rings (SSSR count). The Kier molecular flexibility index (Phi) is 6.04. The highest BCUT2D eigenvalue weighted by atomic mass is 19.1. The van der Waals surface area contributed by atoms with Crippen molar-refractivity contribution in [1.29, 1.82) is 0 Å². The fraction of sp³-hybridized carbons (Fsp3) is 0.200. The molecule has 0 bridgehead atoms. The molecule has 1 heterocycles.